The molecule has 4 aromatic rings. The summed E-state index contributed by atoms with van der Waals surface area (Å²) in [7, 11) is 0. The lowest BCUT2D eigenvalue weighted by molar-refractivity contribution is -0.140. The fourth-order valence-electron chi connectivity index (χ4n) is 3.19. The molecule has 0 amide bonds. The van der Waals surface area contributed by atoms with E-state index in [9.17, 15) is 19.1 Å². The fraction of sp³-hybridized carbons (Fsp3) is 0.211. The number of carboxylic acids is 1. The average molecular weight is 381 g/mol. The molecule has 9 heteroatoms. The van der Waals surface area contributed by atoms with Crippen molar-refractivity contribution in [2.24, 2.45) is 0 Å². The van der Waals surface area contributed by atoms with Gasteiger partial charge in [0.1, 0.15) is 17.4 Å². The zero-order chi connectivity index (χ0) is 20.0. The van der Waals surface area contributed by atoms with Crippen molar-refractivity contribution in [2.75, 3.05) is 0 Å². The monoisotopic (exact) mass is 381 g/mol. The summed E-state index contributed by atoms with van der Waals surface area (Å²) in [6.07, 6.45) is 2.01. The third-order valence-corrected chi connectivity index (χ3v) is 4.72. The number of nitrogens with zero attached hydrogens (tertiary/aromatic N) is 5. The van der Waals surface area contributed by atoms with Gasteiger partial charge in [0.15, 0.2) is 11.2 Å². The van der Waals surface area contributed by atoms with Gasteiger partial charge in [0.05, 0.1) is 11.3 Å². The van der Waals surface area contributed by atoms with E-state index in [1.165, 1.54) is 29.8 Å². The van der Waals surface area contributed by atoms with Crippen LogP contribution in [0.3, 0.4) is 0 Å². The summed E-state index contributed by atoms with van der Waals surface area (Å²) in [5.74, 6) is -1.47. The molecule has 0 spiro atoms. The van der Waals surface area contributed by atoms with E-state index in [0.29, 0.717) is 17.6 Å². The molecule has 8 nitrogen and oxygen atoms in total. The van der Waals surface area contributed by atoms with Crippen molar-refractivity contribution in [1.29, 1.82) is 0 Å². The molecule has 0 bridgehead atoms. The van der Waals surface area contributed by atoms with Crippen LogP contribution in [0.2, 0.25) is 0 Å². The van der Waals surface area contributed by atoms with Gasteiger partial charge in [-0.15, -0.1) is 10.2 Å². The number of hydrogen-bond donors (Lipinski definition) is 1. The number of carboxylic acid groups (broad SMARTS) is 1. The molecule has 0 aliphatic carbocycles. The zero-order valence-electron chi connectivity index (χ0n) is 15.1. The Hall–Kier alpha value is -3.62. The molecule has 4 rings (SSSR count). The molecular formula is C19H16FN5O3. The minimum absolute atomic E-state index is 0.0268. The van der Waals surface area contributed by atoms with Crippen molar-refractivity contribution in [1.82, 2.24) is 24.4 Å². The van der Waals surface area contributed by atoms with Crippen LogP contribution in [0.1, 0.15) is 25.6 Å². The molecule has 3 heterocycles. The molecule has 0 fully saturated rings. The van der Waals surface area contributed by atoms with Crippen molar-refractivity contribution in [3.05, 3.63) is 58.4 Å². The topological polar surface area (TPSA) is 102 Å². The summed E-state index contributed by atoms with van der Waals surface area (Å²) in [6.45, 7) is 3.35. The molecule has 0 saturated carbocycles. The van der Waals surface area contributed by atoms with Crippen LogP contribution in [-0.2, 0) is 11.2 Å². The van der Waals surface area contributed by atoms with E-state index >= 15 is 0 Å². The smallest absolute Gasteiger partial charge is 0.326 e. The van der Waals surface area contributed by atoms with E-state index in [-0.39, 0.29) is 11.3 Å². The number of halogens is 1. The highest BCUT2D eigenvalue weighted by Gasteiger charge is 2.21. The Balaban J connectivity index is 2.01. The van der Waals surface area contributed by atoms with Gasteiger partial charge in [0, 0.05) is 6.20 Å². The van der Waals surface area contributed by atoms with E-state index in [4.69, 9.17) is 0 Å². The highest BCUT2D eigenvalue weighted by Crippen LogP contribution is 2.29. The largest absolute Gasteiger partial charge is 0.480 e. The molecule has 0 saturated heterocycles. The maximum absolute atomic E-state index is 13.3. The Kier molecular flexibility index (Phi) is 4.14. The van der Waals surface area contributed by atoms with E-state index in [0.717, 1.165) is 21.4 Å². The molecule has 0 aliphatic heterocycles. The van der Waals surface area contributed by atoms with E-state index in [1.54, 1.807) is 18.2 Å². The quantitative estimate of drug-likeness (QED) is 0.583. The SMILES string of the molecule is CCc1nn2c(nnc3c(=O)n(C(C)C(=O)O)ccc32)c1-c1ccc(F)cc1. The third-order valence-electron chi connectivity index (χ3n) is 4.72. The summed E-state index contributed by atoms with van der Waals surface area (Å²) >= 11 is 0. The average Bonchev–Trinajstić information content (AvgIpc) is 3.07. The van der Waals surface area contributed by atoms with Gasteiger partial charge in [-0.05, 0) is 37.1 Å². The maximum atomic E-state index is 13.3. The summed E-state index contributed by atoms with van der Waals surface area (Å²) in [4.78, 5) is 23.9. The number of aryl methyl sites for hydroxylation is 1. The number of hydrogen-bond acceptors (Lipinski definition) is 5. The third kappa shape index (κ3) is 2.63. The van der Waals surface area contributed by atoms with Crippen molar-refractivity contribution >= 4 is 22.6 Å². The van der Waals surface area contributed by atoms with Crippen molar-refractivity contribution < 1.29 is 14.3 Å². The number of fused-ring (bicyclic) bond motifs is 3. The first-order valence-electron chi connectivity index (χ1n) is 8.70. The molecule has 28 heavy (non-hydrogen) atoms. The summed E-state index contributed by atoms with van der Waals surface area (Å²) in [6, 6.07) is 6.57. The van der Waals surface area contributed by atoms with Crippen LogP contribution in [0, 0.1) is 5.82 Å². The predicted octanol–water partition coefficient (Wildman–Crippen LogP) is 2.45. The van der Waals surface area contributed by atoms with Crippen molar-refractivity contribution in [3.63, 3.8) is 0 Å². The number of aromatic nitrogens is 5. The van der Waals surface area contributed by atoms with Gasteiger partial charge < -0.3 is 5.11 Å². The van der Waals surface area contributed by atoms with Crippen molar-refractivity contribution in [3.8, 4) is 11.1 Å². The normalized spacial score (nSPS) is 12.5. The van der Waals surface area contributed by atoms with Gasteiger partial charge in [-0.3, -0.25) is 9.36 Å². The van der Waals surface area contributed by atoms with Gasteiger partial charge in [-0.2, -0.15) is 5.10 Å². The molecule has 142 valence electrons. The van der Waals surface area contributed by atoms with Gasteiger partial charge in [0.2, 0.25) is 0 Å². The second-order valence-electron chi connectivity index (χ2n) is 6.39. The predicted molar refractivity (Wildman–Crippen MR) is 99.7 cm³/mol. The lowest BCUT2D eigenvalue weighted by atomic mass is 10.0. The molecule has 3 aromatic heterocycles. The van der Waals surface area contributed by atoms with Crippen LogP contribution in [0.5, 0.6) is 0 Å². The summed E-state index contributed by atoms with van der Waals surface area (Å²) in [5, 5.41) is 22.0. The molecule has 0 radical (unpaired) electrons. The standard InChI is InChI=1S/C19H16FN5O3/c1-3-13-15(11-4-6-12(20)7-5-11)17-22-21-16-14(25(17)23-13)8-9-24(18(16)26)10(2)19(27)28/h4-10H,3H2,1-2H3,(H,27,28). The van der Waals surface area contributed by atoms with Gasteiger partial charge in [-0.25, -0.2) is 13.7 Å². The number of rotatable bonds is 4. The van der Waals surface area contributed by atoms with Crippen LogP contribution in [0.15, 0.2) is 41.3 Å². The minimum atomic E-state index is -1.12. The van der Waals surface area contributed by atoms with Crippen LogP contribution in [0.4, 0.5) is 4.39 Å². The van der Waals surface area contributed by atoms with Crippen LogP contribution in [0.25, 0.3) is 27.8 Å². The van der Waals surface area contributed by atoms with E-state index in [1.807, 2.05) is 6.92 Å². The lowest BCUT2D eigenvalue weighted by Gasteiger charge is -2.11. The fourth-order valence-corrected chi connectivity index (χ4v) is 3.19. The Bertz CT molecular complexity index is 1280. The summed E-state index contributed by atoms with van der Waals surface area (Å²) < 4.78 is 15.9. The first kappa shape index (κ1) is 17.8. The molecule has 1 atom stereocenters. The van der Waals surface area contributed by atoms with Crippen LogP contribution in [-0.4, -0.2) is 35.5 Å². The Morgan fingerprint density at radius 1 is 1.21 bits per heavy atom. The second-order valence-corrected chi connectivity index (χ2v) is 6.39. The number of aliphatic carboxylic acids is 1. The highest BCUT2D eigenvalue weighted by atomic mass is 19.1. The Labute approximate surface area is 157 Å². The minimum Gasteiger partial charge on any atom is -0.480 e. The number of pyridine rings is 1. The first-order valence-corrected chi connectivity index (χ1v) is 8.70. The van der Waals surface area contributed by atoms with Gasteiger partial charge in [-0.1, -0.05) is 19.1 Å². The molecule has 0 aliphatic rings. The Morgan fingerprint density at radius 3 is 2.57 bits per heavy atom. The zero-order valence-corrected chi connectivity index (χ0v) is 15.1. The highest BCUT2D eigenvalue weighted by molar-refractivity contribution is 5.84. The van der Waals surface area contributed by atoms with Crippen LogP contribution < -0.4 is 5.56 Å². The number of benzene rings is 1. The second kappa shape index (κ2) is 6.52. The van der Waals surface area contributed by atoms with Crippen LogP contribution >= 0.6 is 0 Å². The first-order chi connectivity index (χ1) is 13.4. The van der Waals surface area contributed by atoms with E-state index in [2.05, 4.69) is 15.3 Å². The Morgan fingerprint density at radius 2 is 1.93 bits per heavy atom. The van der Waals surface area contributed by atoms with Gasteiger partial charge >= 0.3 is 5.97 Å². The molecule has 1 N–H and O–H groups in total. The number of carbonyl (C=O) groups is 1. The van der Waals surface area contributed by atoms with Crippen molar-refractivity contribution in [2.45, 2.75) is 26.3 Å². The molecule has 1 aromatic carbocycles. The molecular weight excluding hydrogens is 365 g/mol. The van der Waals surface area contributed by atoms with Gasteiger partial charge in [0.25, 0.3) is 5.56 Å². The maximum Gasteiger partial charge on any atom is 0.326 e. The molecule has 1 unspecified atom stereocenters. The van der Waals surface area contributed by atoms with E-state index < -0.39 is 17.6 Å². The summed E-state index contributed by atoms with van der Waals surface area (Å²) in [5.41, 5.74) is 2.54. The lowest BCUT2D eigenvalue weighted by Crippen LogP contribution is -2.28.